The molecule has 7 rings (SSSR count). The molecule has 1 atom stereocenters. The number of aromatic nitrogens is 3. The number of hydrogen-bond acceptors (Lipinski definition) is 6. The van der Waals surface area contributed by atoms with Gasteiger partial charge in [0, 0.05) is 48.9 Å². The molecule has 2 aromatic heterocycles. The van der Waals surface area contributed by atoms with Gasteiger partial charge in [0.25, 0.3) is 5.91 Å². The molecule has 8 nitrogen and oxygen atoms in total. The van der Waals surface area contributed by atoms with E-state index in [0.717, 1.165) is 91.7 Å². The van der Waals surface area contributed by atoms with E-state index >= 15 is 0 Å². The molecule has 1 amide bonds. The maximum absolute atomic E-state index is 12.9. The molecular weight excluding hydrogens is 464 g/mol. The van der Waals surface area contributed by atoms with Crippen LogP contribution < -0.4 is 5.32 Å². The highest BCUT2D eigenvalue weighted by Gasteiger charge is 2.46. The van der Waals surface area contributed by atoms with Crippen molar-refractivity contribution in [3.63, 3.8) is 0 Å². The van der Waals surface area contributed by atoms with Gasteiger partial charge in [-0.25, -0.2) is 15.0 Å². The lowest BCUT2D eigenvalue weighted by Gasteiger charge is -2.35. The molecule has 1 saturated heterocycles. The first-order valence-corrected chi connectivity index (χ1v) is 13.4. The first-order valence-electron chi connectivity index (χ1n) is 13.4. The average Bonchev–Trinajstić information content (AvgIpc) is 3.60. The number of rotatable bonds is 4. The van der Waals surface area contributed by atoms with Crippen LogP contribution in [-0.4, -0.2) is 58.9 Å². The van der Waals surface area contributed by atoms with Crippen molar-refractivity contribution < 1.29 is 9.53 Å². The predicted octanol–water partition coefficient (Wildman–Crippen LogP) is 4.65. The number of carbonyl (C=O) groups is 1. The Labute approximate surface area is 216 Å². The van der Waals surface area contributed by atoms with E-state index in [1.165, 1.54) is 12.0 Å². The van der Waals surface area contributed by atoms with Gasteiger partial charge in [-0.05, 0) is 63.9 Å². The molecule has 1 spiro atoms. The van der Waals surface area contributed by atoms with Crippen LogP contribution in [0.3, 0.4) is 0 Å². The molecule has 0 radical (unpaired) electrons. The second-order valence-electron chi connectivity index (χ2n) is 11.0. The van der Waals surface area contributed by atoms with Crippen molar-refractivity contribution in [2.45, 2.75) is 56.5 Å². The second-order valence-corrected chi connectivity index (χ2v) is 11.0. The van der Waals surface area contributed by atoms with Crippen LogP contribution in [0, 0.1) is 0 Å². The van der Waals surface area contributed by atoms with Crippen molar-refractivity contribution in [1.29, 1.82) is 0 Å². The Kier molecular flexibility index (Phi) is 5.30. The number of aryl methyl sites for hydroxylation is 1. The van der Waals surface area contributed by atoms with Gasteiger partial charge in [0.15, 0.2) is 0 Å². The first-order chi connectivity index (χ1) is 18.0. The summed E-state index contributed by atoms with van der Waals surface area (Å²) < 4.78 is 7.98. The van der Waals surface area contributed by atoms with Crippen molar-refractivity contribution in [3.05, 3.63) is 58.7 Å². The van der Waals surface area contributed by atoms with Gasteiger partial charge in [-0.15, -0.1) is 0 Å². The number of anilines is 2. The zero-order chi connectivity index (χ0) is 25.1. The van der Waals surface area contributed by atoms with Gasteiger partial charge < -0.3 is 19.5 Å². The normalized spacial score (nSPS) is 21.4. The lowest BCUT2D eigenvalue weighted by molar-refractivity contribution is 0.0443. The van der Waals surface area contributed by atoms with Crippen molar-refractivity contribution in [3.8, 4) is 11.3 Å². The maximum atomic E-state index is 12.9. The maximum Gasteiger partial charge on any atom is 0.279 e. The Morgan fingerprint density at radius 3 is 2.84 bits per heavy atom. The summed E-state index contributed by atoms with van der Waals surface area (Å²) in [6.07, 6.45) is 10.1. The smallest absolute Gasteiger partial charge is 0.279 e. The summed E-state index contributed by atoms with van der Waals surface area (Å²) in [6, 6.07) is 8.63. The van der Waals surface area contributed by atoms with Crippen LogP contribution in [-0.2, 0) is 23.1 Å². The van der Waals surface area contributed by atoms with E-state index in [2.05, 4.69) is 57.1 Å². The fraction of sp³-hybridized carbons (Fsp3) is 0.448. The van der Waals surface area contributed by atoms with Crippen LogP contribution in [0.5, 0.6) is 0 Å². The number of benzene rings is 1. The average molecular weight is 497 g/mol. The molecule has 5 heterocycles. The van der Waals surface area contributed by atoms with Gasteiger partial charge in [0.05, 0.1) is 34.9 Å². The number of pyridine rings is 1. The standard InChI is InChI=1S/C29H32N6O2/c1-34(2)22-15-29(10-13-37-14-11-29)20-7-9-24(33-27(20)22)32-21-8-6-18(19-16-31-28(36)26(19)21)23-17-30-25-5-3-4-12-35(23)25/h6-9,16-17,22H,3-5,10-15H2,1-2H3,(H,32,33). The number of amides is 1. The van der Waals surface area contributed by atoms with E-state index in [0.29, 0.717) is 5.56 Å². The third kappa shape index (κ3) is 3.57. The molecular formula is C29H32N6O2. The topological polar surface area (TPSA) is 84.6 Å². The summed E-state index contributed by atoms with van der Waals surface area (Å²) in [5, 5.41) is 3.47. The molecule has 0 bridgehead atoms. The van der Waals surface area contributed by atoms with Crippen molar-refractivity contribution in [2.24, 2.45) is 4.99 Å². The highest BCUT2D eigenvalue weighted by Crippen LogP contribution is 2.51. The zero-order valence-corrected chi connectivity index (χ0v) is 21.5. The lowest BCUT2D eigenvalue weighted by Crippen LogP contribution is -2.32. The summed E-state index contributed by atoms with van der Waals surface area (Å²) in [7, 11) is 4.26. The van der Waals surface area contributed by atoms with E-state index < -0.39 is 0 Å². The summed E-state index contributed by atoms with van der Waals surface area (Å²) in [5.41, 5.74) is 6.91. The van der Waals surface area contributed by atoms with Crippen LogP contribution in [0.2, 0.25) is 0 Å². The number of carbonyl (C=O) groups excluding carboxylic acids is 1. The molecule has 1 N–H and O–H groups in total. The molecule has 1 aliphatic carbocycles. The number of fused-ring (bicyclic) bond motifs is 4. The Morgan fingerprint density at radius 1 is 1.14 bits per heavy atom. The van der Waals surface area contributed by atoms with Gasteiger partial charge in [-0.2, -0.15) is 0 Å². The molecule has 4 aliphatic rings. The van der Waals surface area contributed by atoms with E-state index in [1.807, 2.05) is 12.3 Å². The number of imidazole rings is 1. The Balaban J connectivity index is 1.26. The molecule has 3 aromatic rings. The summed E-state index contributed by atoms with van der Waals surface area (Å²) in [5.74, 6) is 1.66. The third-order valence-corrected chi connectivity index (χ3v) is 8.75. The quantitative estimate of drug-likeness (QED) is 0.566. The van der Waals surface area contributed by atoms with Crippen molar-refractivity contribution >= 4 is 23.6 Å². The largest absolute Gasteiger partial charge is 0.381 e. The minimum Gasteiger partial charge on any atom is -0.381 e. The van der Waals surface area contributed by atoms with Crippen molar-refractivity contribution in [1.82, 2.24) is 19.4 Å². The molecule has 3 aliphatic heterocycles. The highest BCUT2D eigenvalue weighted by molar-refractivity contribution is 6.19. The summed E-state index contributed by atoms with van der Waals surface area (Å²) in [4.78, 5) is 29.1. The number of nitrogens with one attached hydrogen (secondary N) is 1. The van der Waals surface area contributed by atoms with Gasteiger partial charge in [-0.3, -0.25) is 4.79 Å². The van der Waals surface area contributed by atoms with E-state index in [-0.39, 0.29) is 17.4 Å². The summed E-state index contributed by atoms with van der Waals surface area (Å²) in [6.45, 7) is 2.57. The molecule has 0 saturated carbocycles. The van der Waals surface area contributed by atoms with Crippen molar-refractivity contribution in [2.75, 3.05) is 32.6 Å². The highest BCUT2D eigenvalue weighted by atomic mass is 16.5. The molecule has 190 valence electrons. The lowest BCUT2D eigenvalue weighted by atomic mass is 9.75. The zero-order valence-electron chi connectivity index (χ0n) is 21.5. The number of nitrogens with zero attached hydrogens (tertiary/aromatic N) is 5. The van der Waals surface area contributed by atoms with Crippen LogP contribution in [0.4, 0.5) is 11.5 Å². The first kappa shape index (κ1) is 22.8. The molecule has 1 unspecified atom stereocenters. The van der Waals surface area contributed by atoms with Crippen LogP contribution >= 0.6 is 0 Å². The molecule has 1 aromatic carbocycles. The second kappa shape index (κ2) is 8.60. The number of ether oxygens (including phenoxy) is 1. The molecule has 1 fully saturated rings. The van der Waals surface area contributed by atoms with Crippen LogP contribution in [0.1, 0.15) is 71.1 Å². The Hall–Kier alpha value is -3.36. The number of hydrogen-bond donors (Lipinski definition) is 1. The van der Waals surface area contributed by atoms with Gasteiger partial charge in [-0.1, -0.05) is 12.1 Å². The van der Waals surface area contributed by atoms with Gasteiger partial charge in [0.1, 0.15) is 11.6 Å². The molecule has 8 heteroatoms. The minimum atomic E-state index is -0.216. The SMILES string of the molecule is CN(C)C1CC2(CCOCC2)c2ccc(Nc3ccc(-c4cnc5n4CCCC5)c4c3C(=O)N=C4)nc21. The van der Waals surface area contributed by atoms with Gasteiger partial charge in [0.2, 0.25) is 0 Å². The third-order valence-electron chi connectivity index (χ3n) is 8.75. The number of aliphatic imine (C=N–C) groups is 1. The van der Waals surface area contributed by atoms with Crippen LogP contribution in [0.15, 0.2) is 35.5 Å². The monoisotopic (exact) mass is 496 g/mol. The van der Waals surface area contributed by atoms with Crippen LogP contribution in [0.25, 0.3) is 11.3 Å². The fourth-order valence-electron chi connectivity index (χ4n) is 6.75. The predicted molar refractivity (Wildman–Crippen MR) is 143 cm³/mol. The minimum absolute atomic E-state index is 0.144. The van der Waals surface area contributed by atoms with E-state index in [4.69, 9.17) is 9.72 Å². The summed E-state index contributed by atoms with van der Waals surface area (Å²) >= 11 is 0. The molecule has 37 heavy (non-hydrogen) atoms. The van der Waals surface area contributed by atoms with E-state index in [9.17, 15) is 4.79 Å². The Bertz CT molecular complexity index is 1430. The van der Waals surface area contributed by atoms with E-state index in [1.54, 1.807) is 6.21 Å². The van der Waals surface area contributed by atoms with Gasteiger partial charge >= 0.3 is 0 Å². The fourth-order valence-corrected chi connectivity index (χ4v) is 6.75. The Morgan fingerprint density at radius 2 is 2.00 bits per heavy atom.